The van der Waals surface area contributed by atoms with Crippen LogP contribution in [0.25, 0.3) is 0 Å². The third kappa shape index (κ3) is 3.41. The number of likely N-dealkylation sites (N-methyl/N-ethyl adjacent to an activating group) is 1. The number of nitrogens with zero attached hydrogens (tertiary/aromatic N) is 2. The highest BCUT2D eigenvalue weighted by Crippen LogP contribution is 2.42. The van der Waals surface area contributed by atoms with Gasteiger partial charge in [0.1, 0.15) is 11.6 Å². The van der Waals surface area contributed by atoms with Gasteiger partial charge in [-0.2, -0.15) is 0 Å². The summed E-state index contributed by atoms with van der Waals surface area (Å²) in [6, 6.07) is 18.0. The van der Waals surface area contributed by atoms with Crippen molar-refractivity contribution in [2.24, 2.45) is 0 Å². The van der Waals surface area contributed by atoms with Gasteiger partial charge in [0.2, 0.25) is 5.91 Å². The number of amides is 2. The number of fused-ring (bicyclic) bond motifs is 1. The Balaban J connectivity index is 1.80. The molecule has 1 N–H and O–H groups in total. The standard InChI is InChI=1S/C24H23N3O3/c1-15-7-6-14-25-22(15)26-23(28)20-18-8-4-5-9-19(18)24(29)27(2)21(20)16-10-12-17(30-3)13-11-16/h4-14,20-21H,1-3H3,(H,25,26,28)/t20-,21+/m0/s1. The van der Waals surface area contributed by atoms with Crippen molar-refractivity contribution in [3.63, 3.8) is 0 Å². The predicted octanol–water partition coefficient (Wildman–Crippen LogP) is 3.95. The van der Waals surface area contributed by atoms with Crippen LogP contribution in [0.4, 0.5) is 5.82 Å². The average Bonchev–Trinajstić information content (AvgIpc) is 2.77. The van der Waals surface area contributed by atoms with Crippen LogP contribution >= 0.6 is 0 Å². The summed E-state index contributed by atoms with van der Waals surface area (Å²) in [7, 11) is 3.34. The predicted molar refractivity (Wildman–Crippen MR) is 115 cm³/mol. The number of carbonyl (C=O) groups is 2. The van der Waals surface area contributed by atoms with Gasteiger partial charge in [-0.25, -0.2) is 4.98 Å². The minimum atomic E-state index is -0.585. The number of rotatable bonds is 4. The normalized spacial score (nSPS) is 18.0. The molecular weight excluding hydrogens is 378 g/mol. The summed E-state index contributed by atoms with van der Waals surface area (Å²) in [5.74, 6) is 0.342. The highest BCUT2D eigenvalue weighted by molar-refractivity contribution is 6.04. The smallest absolute Gasteiger partial charge is 0.254 e. The number of benzene rings is 2. The van der Waals surface area contributed by atoms with Crippen molar-refractivity contribution >= 4 is 17.6 Å². The molecule has 0 bridgehead atoms. The van der Waals surface area contributed by atoms with E-state index in [9.17, 15) is 9.59 Å². The molecule has 1 aliphatic heterocycles. The van der Waals surface area contributed by atoms with Crippen molar-refractivity contribution in [1.82, 2.24) is 9.88 Å². The molecule has 0 saturated heterocycles. The van der Waals surface area contributed by atoms with Gasteiger partial charge >= 0.3 is 0 Å². The molecule has 2 aromatic carbocycles. The van der Waals surface area contributed by atoms with Crippen molar-refractivity contribution in [3.05, 3.63) is 89.1 Å². The van der Waals surface area contributed by atoms with Crippen molar-refractivity contribution in [2.75, 3.05) is 19.5 Å². The van der Waals surface area contributed by atoms with Gasteiger partial charge in [-0.3, -0.25) is 9.59 Å². The molecule has 0 fully saturated rings. The Hall–Kier alpha value is -3.67. The van der Waals surface area contributed by atoms with Crippen LogP contribution < -0.4 is 10.1 Å². The summed E-state index contributed by atoms with van der Waals surface area (Å²) in [6.45, 7) is 1.90. The maximum Gasteiger partial charge on any atom is 0.254 e. The number of anilines is 1. The molecule has 0 saturated carbocycles. The highest BCUT2D eigenvalue weighted by Gasteiger charge is 2.42. The number of carbonyl (C=O) groups excluding carboxylic acids is 2. The molecule has 2 heterocycles. The minimum Gasteiger partial charge on any atom is -0.497 e. The van der Waals surface area contributed by atoms with Crippen LogP contribution in [-0.2, 0) is 4.79 Å². The molecule has 152 valence electrons. The monoisotopic (exact) mass is 401 g/mol. The van der Waals surface area contributed by atoms with E-state index in [0.29, 0.717) is 22.7 Å². The summed E-state index contributed by atoms with van der Waals surface area (Å²) in [4.78, 5) is 32.5. The maximum absolute atomic E-state index is 13.5. The molecule has 4 rings (SSSR count). The summed E-state index contributed by atoms with van der Waals surface area (Å²) in [6.07, 6.45) is 1.65. The van der Waals surface area contributed by atoms with E-state index < -0.39 is 12.0 Å². The van der Waals surface area contributed by atoms with Gasteiger partial charge in [-0.05, 0) is 47.9 Å². The van der Waals surface area contributed by atoms with E-state index in [4.69, 9.17) is 4.74 Å². The van der Waals surface area contributed by atoms with Crippen LogP contribution in [0.5, 0.6) is 5.75 Å². The molecule has 6 heteroatoms. The number of hydrogen-bond donors (Lipinski definition) is 1. The van der Waals surface area contributed by atoms with Gasteiger partial charge in [0.05, 0.1) is 19.1 Å². The first-order chi connectivity index (χ1) is 14.5. The lowest BCUT2D eigenvalue weighted by Gasteiger charge is -2.39. The first-order valence-corrected chi connectivity index (χ1v) is 9.73. The van der Waals surface area contributed by atoms with Crippen molar-refractivity contribution < 1.29 is 14.3 Å². The third-order valence-electron chi connectivity index (χ3n) is 5.57. The molecular formula is C24H23N3O3. The Labute approximate surface area is 175 Å². The summed E-state index contributed by atoms with van der Waals surface area (Å²) in [5, 5.41) is 2.97. The lowest BCUT2D eigenvalue weighted by Crippen LogP contribution is -2.44. The zero-order valence-corrected chi connectivity index (χ0v) is 17.1. The van der Waals surface area contributed by atoms with Crippen molar-refractivity contribution in [2.45, 2.75) is 18.9 Å². The van der Waals surface area contributed by atoms with E-state index in [2.05, 4.69) is 10.3 Å². The Kier molecular flexibility index (Phi) is 5.23. The van der Waals surface area contributed by atoms with Gasteiger partial charge in [0.15, 0.2) is 0 Å². The van der Waals surface area contributed by atoms with E-state index in [1.54, 1.807) is 31.3 Å². The van der Waals surface area contributed by atoms with Crippen molar-refractivity contribution in [1.29, 1.82) is 0 Å². The number of methoxy groups -OCH3 is 1. The van der Waals surface area contributed by atoms with E-state index in [0.717, 1.165) is 11.1 Å². The summed E-state index contributed by atoms with van der Waals surface area (Å²) < 4.78 is 5.26. The SMILES string of the molecule is COc1ccc([C@@H]2[C@@H](C(=O)Nc3ncccc3C)c3ccccc3C(=O)N2C)cc1. The van der Waals surface area contributed by atoms with Crippen LogP contribution in [-0.4, -0.2) is 35.9 Å². The summed E-state index contributed by atoms with van der Waals surface area (Å²) in [5.41, 5.74) is 2.99. The van der Waals surface area contributed by atoms with Crippen LogP contribution in [0.3, 0.4) is 0 Å². The minimum absolute atomic E-state index is 0.107. The Morgan fingerprint density at radius 1 is 1.07 bits per heavy atom. The molecule has 0 radical (unpaired) electrons. The van der Waals surface area contributed by atoms with Crippen molar-refractivity contribution in [3.8, 4) is 5.75 Å². The zero-order chi connectivity index (χ0) is 21.3. The number of aromatic nitrogens is 1. The first-order valence-electron chi connectivity index (χ1n) is 9.73. The molecule has 1 aromatic heterocycles. The van der Waals surface area contributed by atoms with Crippen LogP contribution in [0.2, 0.25) is 0 Å². The van der Waals surface area contributed by atoms with Crippen LogP contribution in [0.15, 0.2) is 66.9 Å². The van der Waals surface area contributed by atoms with Gasteiger partial charge < -0.3 is 15.0 Å². The Morgan fingerprint density at radius 3 is 2.50 bits per heavy atom. The summed E-state index contributed by atoms with van der Waals surface area (Å²) >= 11 is 0. The lowest BCUT2D eigenvalue weighted by atomic mass is 9.79. The average molecular weight is 401 g/mol. The number of pyridine rings is 1. The lowest BCUT2D eigenvalue weighted by molar-refractivity contribution is -0.119. The fourth-order valence-corrected chi connectivity index (χ4v) is 3.99. The fraction of sp³-hybridized carbons (Fsp3) is 0.208. The molecule has 2 atom stereocenters. The largest absolute Gasteiger partial charge is 0.497 e. The fourth-order valence-electron chi connectivity index (χ4n) is 3.99. The van der Waals surface area contributed by atoms with E-state index in [1.807, 2.05) is 61.5 Å². The highest BCUT2D eigenvalue weighted by atomic mass is 16.5. The molecule has 0 aliphatic carbocycles. The molecule has 30 heavy (non-hydrogen) atoms. The maximum atomic E-state index is 13.5. The molecule has 0 spiro atoms. The van der Waals surface area contributed by atoms with Gasteiger partial charge in [-0.15, -0.1) is 0 Å². The quantitative estimate of drug-likeness (QED) is 0.719. The Bertz CT molecular complexity index is 1090. The molecule has 6 nitrogen and oxygen atoms in total. The molecule has 3 aromatic rings. The molecule has 0 unspecified atom stereocenters. The molecule has 2 amide bonds. The van der Waals surface area contributed by atoms with E-state index in [-0.39, 0.29) is 11.8 Å². The zero-order valence-electron chi connectivity index (χ0n) is 17.1. The first kappa shape index (κ1) is 19.6. The number of hydrogen-bond acceptors (Lipinski definition) is 4. The van der Waals surface area contributed by atoms with Gasteiger partial charge in [0, 0.05) is 18.8 Å². The number of nitrogens with one attached hydrogen (secondary N) is 1. The van der Waals surface area contributed by atoms with Gasteiger partial charge in [-0.1, -0.05) is 36.4 Å². The second-order valence-corrected chi connectivity index (χ2v) is 7.36. The number of ether oxygens (including phenoxy) is 1. The Morgan fingerprint density at radius 2 is 1.80 bits per heavy atom. The molecule has 1 aliphatic rings. The van der Waals surface area contributed by atoms with Crippen LogP contribution in [0.1, 0.15) is 39.0 Å². The van der Waals surface area contributed by atoms with E-state index in [1.165, 1.54) is 0 Å². The van der Waals surface area contributed by atoms with E-state index >= 15 is 0 Å². The topological polar surface area (TPSA) is 71.5 Å². The second-order valence-electron chi connectivity index (χ2n) is 7.36. The second kappa shape index (κ2) is 7.99. The third-order valence-corrected chi connectivity index (χ3v) is 5.57. The van der Waals surface area contributed by atoms with Crippen LogP contribution in [0, 0.1) is 6.92 Å². The number of aryl methyl sites for hydroxylation is 1. The van der Waals surface area contributed by atoms with Gasteiger partial charge in [0.25, 0.3) is 5.91 Å².